The SMILES string of the molecule is CC(=O)NCCCC[C@H](NC(=O)[C@](C)(CCCCN)NC(=O)[C@H](Cc1ccc2ccccc2c1)NC(=O)[C@H](Cc1ccc(O)cc1)NC(=O)[C@@H]1CSCC[C@H](NC(C)=O)C(=O)N[C@@H](CCC(N)=O)C(=O)N[C@@H]([C@@H](C)O)C(=O)N[C@@H](Cc2c[nH]c3ccccc23)C(=O)N[C@@H](CCC(N)=O)C(=O)N1)C(=O)N[C@@H](CC(N)=O)C(=O)NCC(=O)N[C@@H](CCC(=O)O)C(N)=O. The van der Waals surface area contributed by atoms with Gasteiger partial charge in [-0.25, -0.2) is 0 Å². The monoisotopic (exact) mass is 1760 g/mol. The number of aromatic nitrogens is 1. The van der Waals surface area contributed by atoms with Crippen molar-refractivity contribution in [2.75, 3.05) is 31.1 Å². The smallest absolute Gasteiger partial charge is 0.303 e. The molecule has 2 heterocycles. The van der Waals surface area contributed by atoms with Gasteiger partial charge in [-0.1, -0.05) is 72.8 Å². The van der Waals surface area contributed by atoms with E-state index in [0.717, 1.165) is 31.0 Å². The third-order valence-electron chi connectivity index (χ3n) is 20.2. The van der Waals surface area contributed by atoms with E-state index in [2.05, 4.69) is 79.4 Å². The summed E-state index contributed by atoms with van der Waals surface area (Å²) in [6.07, 6.45) is -5.40. The third kappa shape index (κ3) is 33.8. The molecule has 4 aromatic carbocycles. The number of aromatic amines is 1. The number of nitrogens with two attached hydrogens (primary N) is 5. The number of thioether (sulfide) groups is 1. The number of aliphatic carboxylic acids is 1. The quantitative estimate of drug-likeness (QED) is 0.0163. The van der Waals surface area contributed by atoms with Crippen molar-refractivity contribution in [3.05, 3.63) is 114 Å². The number of aromatic hydroxyl groups is 1. The van der Waals surface area contributed by atoms with Gasteiger partial charge in [-0.15, -0.1) is 0 Å². The first-order valence-corrected chi connectivity index (χ1v) is 41.7. The van der Waals surface area contributed by atoms with Crippen molar-refractivity contribution in [3.63, 3.8) is 0 Å². The summed E-state index contributed by atoms with van der Waals surface area (Å²) in [6.45, 7) is 4.08. The molecule has 0 saturated carbocycles. The molecule has 1 fully saturated rings. The van der Waals surface area contributed by atoms with Crippen LogP contribution < -0.4 is 103 Å². The number of carboxylic acid groups (broad SMARTS) is 1. The van der Waals surface area contributed by atoms with Crippen LogP contribution in [0.5, 0.6) is 5.75 Å². The topological polar surface area (TPSA) is 699 Å². The number of para-hydroxylation sites is 1. The summed E-state index contributed by atoms with van der Waals surface area (Å²) >= 11 is 0.900. The summed E-state index contributed by atoms with van der Waals surface area (Å²) in [6, 6.07) is 5.67. The molecule has 125 heavy (non-hydrogen) atoms. The minimum atomic E-state index is -2.08. The van der Waals surface area contributed by atoms with Crippen molar-refractivity contribution in [1.82, 2.24) is 79.4 Å². The Bertz CT molecular complexity index is 4720. The van der Waals surface area contributed by atoms with Crippen LogP contribution in [0.15, 0.2) is 97.2 Å². The predicted molar refractivity (Wildman–Crippen MR) is 454 cm³/mol. The lowest BCUT2D eigenvalue weighted by atomic mass is 9.91. The summed E-state index contributed by atoms with van der Waals surface area (Å²) in [4.78, 5) is 265. The van der Waals surface area contributed by atoms with Crippen LogP contribution in [-0.4, -0.2) is 242 Å². The Morgan fingerprint density at radius 3 is 1.81 bits per heavy atom. The van der Waals surface area contributed by atoms with E-state index in [-0.39, 0.29) is 93.8 Å². The van der Waals surface area contributed by atoms with Crippen molar-refractivity contribution < 1.29 is 106 Å². The number of carbonyl (C=O) groups is 19. The minimum absolute atomic E-state index is 0.0834. The van der Waals surface area contributed by atoms with Crippen LogP contribution in [0.3, 0.4) is 0 Å². The molecule has 0 aliphatic carbocycles. The molecular weight excluding hydrogens is 1650 g/mol. The first-order valence-electron chi connectivity index (χ1n) is 40.5. The molecule has 13 atom stereocenters. The second-order valence-corrected chi connectivity index (χ2v) is 31.7. The van der Waals surface area contributed by atoms with Gasteiger partial charge < -0.3 is 123 Å². The number of aliphatic hydroxyl groups excluding tert-OH is 1. The van der Waals surface area contributed by atoms with Crippen LogP contribution in [0.2, 0.25) is 0 Å². The minimum Gasteiger partial charge on any atom is -0.508 e. The van der Waals surface area contributed by atoms with Crippen LogP contribution in [0.25, 0.3) is 21.7 Å². The largest absolute Gasteiger partial charge is 0.508 e. The van der Waals surface area contributed by atoms with Crippen LogP contribution in [-0.2, 0) is 110 Å². The number of aliphatic hydroxyl groups is 1. The maximum atomic E-state index is 15.7. The number of phenolic OH excluding ortho intramolecular Hbond substituents is 1. The number of hydrogen-bond donors (Lipinski definition) is 23. The Kier molecular flexibility index (Phi) is 40.0. The van der Waals surface area contributed by atoms with E-state index in [4.69, 9.17) is 33.8 Å². The normalized spacial score (nSPS) is 18.6. The van der Waals surface area contributed by atoms with E-state index in [1.807, 2.05) is 6.07 Å². The summed E-state index contributed by atoms with van der Waals surface area (Å²) in [7, 11) is 0. The fraction of sp³-hybridized carbons (Fsp3) is 0.476. The van der Waals surface area contributed by atoms with Gasteiger partial charge in [-0.3, -0.25) is 91.1 Å². The molecule has 42 nitrogen and oxygen atoms in total. The van der Waals surface area contributed by atoms with Crippen LogP contribution in [0.4, 0.5) is 0 Å². The van der Waals surface area contributed by atoms with Gasteiger partial charge in [0.1, 0.15) is 77.7 Å². The maximum absolute atomic E-state index is 15.7. The summed E-state index contributed by atoms with van der Waals surface area (Å²) in [5.74, 6) is -20.5. The van der Waals surface area contributed by atoms with Crippen molar-refractivity contribution in [2.45, 2.75) is 215 Å². The molecule has 18 amide bonds. The van der Waals surface area contributed by atoms with Gasteiger partial charge in [0, 0.05) is 81.8 Å². The van der Waals surface area contributed by atoms with E-state index in [9.17, 15) is 72.5 Å². The second kappa shape index (κ2) is 49.7. The second-order valence-electron chi connectivity index (χ2n) is 30.5. The standard InChI is InChI=1S/C82H112N20O22S/c1-43(103)69-80(123)98-61(38-50-40-89-53-16-8-7-15-52(50)53)77(120)94-56(24-27-64(84)107)73(116)99-63(42-125-34-30-58(91-45(3)105)74(117)93-57(75(118)101-69)25-28-65(85)108)78(121)95-59(36-46-19-22-51(106)23-20-46)76(119)96-60(37-47-18-21-48-13-5-6-14-49(48)35-47)79(122)102-82(4,31-10-11-32-83)81(124)100-55(17-9-12-33-88-44(2)104)72(115)97-62(39-66(86)109)71(114)90-41-67(110)92-54(70(87)113)26-29-68(111)112/h5-8,13-16,18-23,35,40,43,54-63,69,89,103,106H,9-12,17,24-34,36-39,41-42,83H2,1-4H3,(H2,84,107)(H2,85,108)(H2,86,109)(H2,87,113)(H,88,104)(H,90,114)(H,91,105)(H,92,110)(H,93,117)(H,94,120)(H,95,121)(H,96,119)(H,97,115)(H,98,123)(H,99,116)(H,100,124)(H,101,118)(H,102,122)(H,111,112)/t43-,54+,55+,56+,57+,58+,59+,60+,61+,62+,63+,69+,82+/m1/s1. The molecule has 43 heteroatoms. The van der Waals surface area contributed by atoms with Gasteiger partial charge in [-0.2, -0.15) is 11.8 Å². The molecule has 678 valence electrons. The lowest BCUT2D eigenvalue weighted by molar-refractivity contribution is -0.138. The summed E-state index contributed by atoms with van der Waals surface area (Å²) in [5.41, 5.74) is 27.6. The van der Waals surface area contributed by atoms with E-state index in [1.54, 1.807) is 66.9 Å². The van der Waals surface area contributed by atoms with E-state index in [0.29, 0.717) is 27.4 Å². The highest BCUT2D eigenvalue weighted by Gasteiger charge is 2.42. The highest BCUT2D eigenvalue weighted by atomic mass is 32.2. The van der Waals surface area contributed by atoms with Crippen molar-refractivity contribution in [1.29, 1.82) is 0 Å². The van der Waals surface area contributed by atoms with Crippen molar-refractivity contribution >= 4 is 146 Å². The number of hydrogen-bond acceptors (Lipinski definition) is 23. The lowest BCUT2D eigenvalue weighted by Gasteiger charge is -2.34. The Labute approximate surface area is 722 Å². The zero-order valence-corrected chi connectivity index (χ0v) is 70.4. The summed E-state index contributed by atoms with van der Waals surface area (Å²) in [5, 5.41) is 68.1. The number of fused-ring (bicyclic) bond motifs is 2. The predicted octanol–water partition coefficient (Wildman–Crippen LogP) is -4.89. The molecule has 1 aliphatic rings. The Hall–Kier alpha value is -13.3. The number of nitrogens with one attached hydrogen (secondary N) is 15. The molecule has 0 unspecified atom stereocenters. The molecule has 28 N–H and O–H groups in total. The number of phenols is 1. The maximum Gasteiger partial charge on any atom is 0.303 e. The van der Waals surface area contributed by atoms with Gasteiger partial charge in [-0.05, 0) is 136 Å². The Morgan fingerprint density at radius 1 is 0.576 bits per heavy atom. The van der Waals surface area contributed by atoms with Crippen LogP contribution in [0, 0.1) is 0 Å². The zero-order valence-electron chi connectivity index (χ0n) is 69.6. The zero-order chi connectivity index (χ0) is 92.2. The van der Waals surface area contributed by atoms with Gasteiger partial charge >= 0.3 is 5.97 Å². The number of amides is 18. The van der Waals surface area contributed by atoms with Crippen LogP contribution in [0.1, 0.15) is 134 Å². The third-order valence-corrected chi connectivity index (χ3v) is 21.3. The highest BCUT2D eigenvalue weighted by Crippen LogP contribution is 2.24. The first kappa shape index (κ1) is 100. The molecule has 1 aliphatic heterocycles. The summed E-state index contributed by atoms with van der Waals surface area (Å²) < 4.78 is 0. The van der Waals surface area contributed by atoms with Crippen molar-refractivity contribution in [2.24, 2.45) is 28.7 Å². The van der Waals surface area contributed by atoms with E-state index >= 15 is 28.8 Å². The molecule has 0 radical (unpaired) electrons. The molecule has 1 aromatic heterocycles. The number of carboxylic acids is 1. The average Bonchev–Trinajstić information content (AvgIpc) is 1.79. The van der Waals surface area contributed by atoms with Gasteiger partial charge in [0.25, 0.3) is 0 Å². The van der Waals surface area contributed by atoms with E-state index < -0.39 is 248 Å². The van der Waals surface area contributed by atoms with E-state index in [1.165, 1.54) is 38.1 Å². The molecule has 0 bridgehead atoms. The van der Waals surface area contributed by atoms with Gasteiger partial charge in [0.2, 0.25) is 106 Å². The Balaban J connectivity index is 1.42. The molecule has 0 spiro atoms. The number of benzene rings is 4. The van der Waals surface area contributed by atoms with Gasteiger partial charge in [0.15, 0.2) is 0 Å². The highest BCUT2D eigenvalue weighted by molar-refractivity contribution is 7.99. The van der Waals surface area contributed by atoms with Gasteiger partial charge in [0.05, 0.1) is 19.1 Å². The number of rotatable bonds is 43. The number of carbonyl (C=O) groups excluding carboxylic acids is 18. The molecule has 1 saturated heterocycles. The molecule has 6 rings (SSSR count). The fourth-order valence-corrected chi connectivity index (χ4v) is 14.5. The first-order chi connectivity index (χ1) is 59.2. The number of H-pyrrole nitrogens is 1. The number of unbranched alkanes of at least 4 members (excludes halogenated alkanes) is 2. The average molecular weight is 1760 g/mol. The number of primary amides is 4. The Morgan fingerprint density at radius 2 is 1.18 bits per heavy atom. The molecular formula is C82H112N20O22S. The fourth-order valence-electron chi connectivity index (χ4n) is 13.4. The lowest BCUT2D eigenvalue weighted by Crippen LogP contribution is -2.64. The van der Waals surface area contributed by atoms with Crippen molar-refractivity contribution in [3.8, 4) is 5.75 Å². The molecule has 5 aromatic rings. The van der Waals surface area contributed by atoms with Crippen LogP contribution >= 0.6 is 11.8 Å².